The van der Waals surface area contributed by atoms with Gasteiger partial charge in [0.15, 0.2) is 11.5 Å². The molecule has 3 rings (SSSR count). The number of aryl methyl sites for hydroxylation is 1. The molecule has 1 saturated carbocycles. The summed E-state index contributed by atoms with van der Waals surface area (Å²) in [5, 5.41) is 8.84. The van der Waals surface area contributed by atoms with Gasteiger partial charge in [-0.25, -0.2) is 4.98 Å². The van der Waals surface area contributed by atoms with Crippen molar-refractivity contribution in [2.24, 2.45) is 0 Å². The van der Waals surface area contributed by atoms with Gasteiger partial charge in [0, 0.05) is 24.6 Å². The molecule has 0 aliphatic heterocycles. The highest BCUT2D eigenvalue weighted by Crippen LogP contribution is 2.42. The summed E-state index contributed by atoms with van der Waals surface area (Å²) >= 11 is 0. The van der Waals surface area contributed by atoms with Crippen LogP contribution >= 0.6 is 0 Å². The lowest BCUT2D eigenvalue weighted by atomic mass is 10.2. The lowest BCUT2D eigenvalue weighted by Crippen LogP contribution is -2.02. The first-order valence-electron chi connectivity index (χ1n) is 6.77. The summed E-state index contributed by atoms with van der Waals surface area (Å²) in [5.74, 6) is 3.01. The first-order chi connectivity index (χ1) is 9.78. The number of hydrogen-bond donors (Lipinski definition) is 0. The Hall–Kier alpha value is -2.22. The van der Waals surface area contributed by atoms with Gasteiger partial charge in [-0.15, -0.1) is 0 Å². The molecule has 2 aromatic rings. The van der Waals surface area contributed by atoms with Crippen molar-refractivity contribution in [1.29, 1.82) is 5.26 Å². The zero-order valence-corrected chi connectivity index (χ0v) is 11.7. The summed E-state index contributed by atoms with van der Waals surface area (Å²) in [4.78, 5) is 4.73. The zero-order chi connectivity index (χ0) is 14.1. The number of imidazole rings is 1. The topological polar surface area (TPSA) is 60.1 Å². The molecule has 1 aliphatic rings. The second kappa shape index (κ2) is 5.04. The molecular weight excluding hydrogens is 254 g/mol. The standard InChI is InChI=1S/C15H17N3O2/c1-19-13-8-11-12(9-14(13)20-2)18(7-3-6-16)15(17-11)10-4-5-10/h8-10H,3-5,7H2,1-2H3. The largest absolute Gasteiger partial charge is 0.493 e. The first-order valence-corrected chi connectivity index (χ1v) is 6.77. The van der Waals surface area contributed by atoms with Gasteiger partial charge in [-0.05, 0) is 12.8 Å². The molecule has 0 atom stereocenters. The number of aromatic nitrogens is 2. The highest BCUT2D eigenvalue weighted by atomic mass is 16.5. The number of hydrogen-bond acceptors (Lipinski definition) is 4. The number of methoxy groups -OCH3 is 2. The van der Waals surface area contributed by atoms with E-state index in [2.05, 4.69) is 10.6 Å². The molecule has 0 unspecified atom stereocenters. The van der Waals surface area contributed by atoms with Gasteiger partial charge >= 0.3 is 0 Å². The van der Waals surface area contributed by atoms with Gasteiger partial charge in [0.1, 0.15) is 5.82 Å². The third kappa shape index (κ3) is 2.07. The number of nitriles is 1. The van der Waals surface area contributed by atoms with Gasteiger partial charge in [0.25, 0.3) is 0 Å². The van der Waals surface area contributed by atoms with Gasteiger partial charge in [0.05, 0.1) is 37.7 Å². The van der Waals surface area contributed by atoms with Crippen LogP contribution in [0.2, 0.25) is 0 Å². The van der Waals surface area contributed by atoms with Gasteiger partial charge < -0.3 is 14.0 Å². The van der Waals surface area contributed by atoms with Gasteiger partial charge in [-0.2, -0.15) is 5.26 Å². The lowest BCUT2D eigenvalue weighted by Gasteiger charge is -2.09. The fraction of sp³-hybridized carbons (Fsp3) is 0.467. The second-order valence-corrected chi connectivity index (χ2v) is 5.00. The number of ether oxygens (including phenoxy) is 2. The quantitative estimate of drug-likeness (QED) is 0.839. The summed E-state index contributed by atoms with van der Waals surface area (Å²) in [5.41, 5.74) is 1.92. The maximum atomic E-state index is 8.84. The Morgan fingerprint density at radius 2 is 2.00 bits per heavy atom. The summed E-state index contributed by atoms with van der Waals surface area (Å²) < 4.78 is 12.8. The fourth-order valence-corrected chi connectivity index (χ4v) is 2.52. The Labute approximate surface area is 117 Å². The van der Waals surface area contributed by atoms with E-state index in [0.29, 0.717) is 30.4 Å². The van der Waals surface area contributed by atoms with Crippen molar-refractivity contribution in [2.45, 2.75) is 31.7 Å². The SMILES string of the molecule is COc1cc2nc(C3CC3)n(CCC#N)c2cc1OC. The van der Waals surface area contributed by atoms with Crippen LogP contribution in [0.4, 0.5) is 0 Å². The van der Waals surface area contributed by atoms with Crippen molar-refractivity contribution < 1.29 is 9.47 Å². The number of rotatable bonds is 5. The van der Waals surface area contributed by atoms with E-state index < -0.39 is 0 Å². The van der Waals surface area contributed by atoms with Gasteiger partial charge in [0.2, 0.25) is 0 Å². The van der Waals surface area contributed by atoms with E-state index >= 15 is 0 Å². The van der Waals surface area contributed by atoms with Crippen LogP contribution < -0.4 is 9.47 Å². The average molecular weight is 271 g/mol. The molecule has 0 saturated heterocycles. The minimum absolute atomic E-state index is 0.486. The van der Waals surface area contributed by atoms with Crippen molar-refractivity contribution >= 4 is 11.0 Å². The third-order valence-electron chi connectivity index (χ3n) is 3.67. The minimum Gasteiger partial charge on any atom is -0.493 e. The van der Waals surface area contributed by atoms with Crippen LogP contribution in [0, 0.1) is 11.3 Å². The minimum atomic E-state index is 0.486. The van der Waals surface area contributed by atoms with E-state index in [1.54, 1.807) is 14.2 Å². The molecule has 1 aromatic heterocycles. The van der Waals surface area contributed by atoms with Crippen molar-refractivity contribution in [3.8, 4) is 17.6 Å². The molecule has 1 fully saturated rings. The maximum absolute atomic E-state index is 8.84. The van der Waals surface area contributed by atoms with E-state index in [-0.39, 0.29) is 0 Å². The Kier molecular flexibility index (Phi) is 3.23. The fourth-order valence-electron chi connectivity index (χ4n) is 2.52. The van der Waals surface area contributed by atoms with Crippen molar-refractivity contribution in [3.05, 3.63) is 18.0 Å². The molecule has 1 heterocycles. The average Bonchev–Trinajstić information content (AvgIpc) is 3.26. The van der Waals surface area contributed by atoms with Gasteiger partial charge in [-0.1, -0.05) is 0 Å². The predicted octanol–water partition coefficient (Wildman–Crippen LogP) is 2.84. The maximum Gasteiger partial charge on any atom is 0.163 e. The molecule has 0 amide bonds. The van der Waals surface area contributed by atoms with Crippen LogP contribution in [0.25, 0.3) is 11.0 Å². The molecule has 1 aliphatic carbocycles. The van der Waals surface area contributed by atoms with Crippen LogP contribution in [0.5, 0.6) is 11.5 Å². The molecule has 5 heteroatoms. The molecule has 0 bridgehead atoms. The van der Waals surface area contributed by atoms with Crippen molar-refractivity contribution in [2.75, 3.05) is 14.2 Å². The third-order valence-corrected chi connectivity index (χ3v) is 3.67. The monoisotopic (exact) mass is 271 g/mol. The molecule has 0 N–H and O–H groups in total. The molecule has 1 aromatic carbocycles. The lowest BCUT2D eigenvalue weighted by molar-refractivity contribution is 0.355. The number of fused-ring (bicyclic) bond motifs is 1. The van der Waals surface area contributed by atoms with Gasteiger partial charge in [-0.3, -0.25) is 0 Å². The van der Waals surface area contributed by atoms with Crippen LogP contribution in [0.15, 0.2) is 12.1 Å². The second-order valence-electron chi connectivity index (χ2n) is 5.00. The van der Waals surface area contributed by atoms with Crippen LogP contribution in [0.3, 0.4) is 0 Å². The Balaban J connectivity index is 2.16. The predicted molar refractivity (Wildman–Crippen MR) is 75.0 cm³/mol. The van der Waals surface area contributed by atoms with Crippen LogP contribution in [0.1, 0.15) is 31.0 Å². The van der Waals surface area contributed by atoms with E-state index in [1.165, 1.54) is 12.8 Å². The highest BCUT2D eigenvalue weighted by molar-refractivity contribution is 5.81. The Morgan fingerprint density at radius 1 is 1.30 bits per heavy atom. The number of benzene rings is 1. The van der Waals surface area contributed by atoms with E-state index in [1.807, 2.05) is 12.1 Å². The summed E-state index contributed by atoms with van der Waals surface area (Å²) in [6, 6.07) is 6.06. The zero-order valence-electron chi connectivity index (χ0n) is 11.7. The van der Waals surface area contributed by atoms with E-state index in [0.717, 1.165) is 16.9 Å². The molecule has 104 valence electrons. The summed E-state index contributed by atoms with van der Waals surface area (Å²) in [6.07, 6.45) is 2.85. The summed E-state index contributed by atoms with van der Waals surface area (Å²) in [6.45, 7) is 0.675. The molecule has 0 spiro atoms. The molecular formula is C15H17N3O2. The van der Waals surface area contributed by atoms with Crippen molar-refractivity contribution in [3.63, 3.8) is 0 Å². The van der Waals surface area contributed by atoms with E-state index in [9.17, 15) is 0 Å². The Morgan fingerprint density at radius 3 is 2.60 bits per heavy atom. The molecule has 20 heavy (non-hydrogen) atoms. The normalized spacial score (nSPS) is 14.2. The summed E-state index contributed by atoms with van der Waals surface area (Å²) in [7, 11) is 3.25. The van der Waals surface area contributed by atoms with Crippen LogP contribution in [-0.2, 0) is 6.54 Å². The van der Waals surface area contributed by atoms with E-state index in [4.69, 9.17) is 19.7 Å². The molecule has 5 nitrogen and oxygen atoms in total. The highest BCUT2D eigenvalue weighted by Gasteiger charge is 2.29. The molecule has 0 radical (unpaired) electrons. The Bertz CT molecular complexity index is 680. The smallest absolute Gasteiger partial charge is 0.163 e. The van der Waals surface area contributed by atoms with Crippen molar-refractivity contribution in [1.82, 2.24) is 9.55 Å². The van der Waals surface area contributed by atoms with Crippen LogP contribution in [-0.4, -0.2) is 23.8 Å². The number of nitrogens with zero attached hydrogens (tertiary/aromatic N) is 3. The first kappa shape index (κ1) is 12.8.